The summed E-state index contributed by atoms with van der Waals surface area (Å²) in [5.41, 5.74) is 4.93. The lowest BCUT2D eigenvalue weighted by Gasteiger charge is -2.25. The standard InChI is InChI=1S/C29H29N3O3S/c1-6-35-28(34)25-18(4)30-29-32(26(25)20-13-11-19(12-14-20)17(2)3)27(33)24(36-29)15-21-16-31(5)23-10-8-7-9-22(21)23/h7-17,26H,6H2,1-5H3/b24-15+. The summed E-state index contributed by atoms with van der Waals surface area (Å²) in [5, 5.41) is 1.08. The van der Waals surface area contributed by atoms with Crippen molar-refractivity contribution in [1.82, 2.24) is 9.13 Å². The second-order valence-electron chi connectivity index (χ2n) is 9.34. The highest BCUT2D eigenvalue weighted by Gasteiger charge is 2.33. The molecule has 7 heteroatoms. The van der Waals surface area contributed by atoms with Crippen LogP contribution in [0.15, 0.2) is 75.8 Å². The summed E-state index contributed by atoms with van der Waals surface area (Å²) < 4.78 is 9.67. The number of fused-ring (bicyclic) bond motifs is 2. The van der Waals surface area contributed by atoms with Gasteiger partial charge in [0.1, 0.15) is 0 Å². The Morgan fingerprint density at radius 1 is 1.17 bits per heavy atom. The molecule has 0 aliphatic carbocycles. The number of rotatable bonds is 5. The SMILES string of the molecule is CCOC(=O)C1=C(C)N=c2s/c(=C/c3cn(C)c4ccccc34)c(=O)n2C1c1ccc(C(C)C)cc1. The minimum absolute atomic E-state index is 0.168. The number of ether oxygens (including phenoxy) is 1. The van der Waals surface area contributed by atoms with E-state index in [1.165, 1.54) is 16.9 Å². The summed E-state index contributed by atoms with van der Waals surface area (Å²) >= 11 is 1.34. The Bertz CT molecular complexity index is 1680. The number of carbonyl (C=O) groups excluding carboxylic acids is 1. The summed E-state index contributed by atoms with van der Waals surface area (Å²) in [5.74, 6) is -0.0661. The predicted octanol–water partition coefficient (Wildman–Crippen LogP) is 4.41. The van der Waals surface area contributed by atoms with Crippen LogP contribution in [0.1, 0.15) is 56.3 Å². The van der Waals surface area contributed by atoms with Gasteiger partial charge in [-0.3, -0.25) is 9.36 Å². The second kappa shape index (κ2) is 9.39. The number of nitrogens with zero attached hydrogens (tertiary/aromatic N) is 3. The van der Waals surface area contributed by atoms with Crippen LogP contribution in [0.3, 0.4) is 0 Å². The van der Waals surface area contributed by atoms with E-state index in [9.17, 15) is 9.59 Å². The fraction of sp³-hybridized carbons (Fsp3) is 0.276. The molecule has 4 aromatic rings. The van der Waals surface area contributed by atoms with Crippen molar-refractivity contribution >= 4 is 34.3 Å². The van der Waals surface area contributed by atoms with E-state index < -0.39 is 12.0 Å². The van der Waals surface area contributed by atoms with Gasteiger partial charge in [-0.15, -0.1) is 0 Å². The molecule has 0 spiro atoms. The number of aryl methyl sites for hydroxylation is 1. The smallest absolute Gasteiger partial charge is 0.338 e. The van der Waals surface area contributed by atoms with Crippen LogP contribution < -0.4 is 14.9 Å². The predicted molar refractivity (Wildman–Crippen MR) is 144 cm³/mol. The lowest BCUT2D eigenvalue weighted by Crippen LogP contribution is -2.39. The Morgan fingerprint density at radius 2 is 1.89 bits per heavy atom. The van der Waals surface area contributed by atoms with Gasteiger partial charge in [0.15, 0.2) is 4.80 Å². The van der Waals surface area contributed by atoms with E-state index in [1.807, 2.05) is 50.5 Å². The Kier molecular flexibility index (Phi) is 6.26. The second-order valence-corrected chi connectivity index (χ2v) is 10.3. The average Bonchev–Trinajstić information content (AvgIpc) is 3.34. The number of thiazole rings is 1. The monoisotopic (exact) mass is 499 g/mol. The van der Waals surface area contributed by atoms with Crippen LogP contribution >= 0.6 is 11.3 Å². The molecule has 0 fully saturated rings. The molecular formula is C29H29N3O3S. The van der Waals surface area contributed by atoms with Crippen molar-refractivity contribution in [3.8, 4) is 0 Å². The summed E-state index contributed by atoms with van der Waals surface area (Å²) in [6.45, 7) is 8.11. The maximum Gasteiger partial charge on any atom is 0.338 e. The fourth-order valence-corrected chi connectivity index (χ4v) is 5.84. The summed E-state index contributed by atoms with van der Waals surface area (Å²) in [7, 11) is 2.00. The maximum atomic E-state index is 13.9. The van der Waals surface area contributed by atoms with Crippen LogP contribution in [-0.4, -0.2) is 21.7 Å². The number of benzene rings is 2. The van der Waals surface area contributed by atoms with Gasteiger partial charge in [0.25, 0.3) is 5.56 Å². The molecule has 5 rings (SSSR count). The molecule has 6 nitrogen and oxygen atoms in total. The molecule has 0 bridgehead atoms. The average molecular weight is 500 g/mol. The fourth-order valence-electron chi connectivity index (χ4n) is 4.80. The third kappa shape index (κ3) is 4.03. The molecule has 1 atom stereocenters. The zero-order chi connectivity index (χ0) is 25.6. The lowest BCUT2D eigenvalue weighted by atomic mass is 9.93. The Labute approximate surface area is 213 Å². The molecule has 0 N–H and O–H groups in total. The van der Waals surface area contributed by atoms with Crippen molar-refractivity contribution in [3.63, 3.8) is 0 Å². The molecule has 184 valence electrons. The van der Waals surface area contributed by atoms with E-state index >= 15 is 0 Å². The third-order valence-electron chi connectivity index (χ3n) is 6.65. The lowest BCUT2D eigenvalue weighted by molar-refractivity contribution is -0.139. The maximum absolute atomic E-state index is 13.9. The molecule has 3 heterocycles. The summed E-state index contributed by atoms with van der Waals surface area (Å²) in [6.07, 6.45) is 3.95. The number of carbonyl (C=O) groups is 1. The molecule has 0 amide bonds. The van der Waals surface area contributed by atoms with Gasteiger partial charge in [0.2, 0.25) is 0 Å². The van der Waals surface area contributed by atoms with E-state index in [0.717, 1.165) is 22.0 Å². The minimum atomic E-state index is -0.601. The van der Waals surface area contributed by atoms with Crippen molar-refractivity contribution in [2.24, 2.45) is 12.0 Å². The first-order chi connectivity index (χ1) is 17.3. The van der Waals surface area contributed by atoms with Gasteiger partial charge in [-0.1, -0.05) is 67.6 Å². The highest BCUT2D eigenvalue weighted by molar-refractivity contribution is 7.07. The van der Waals surface area contributed by atoms with Crippen molar-refractivity contribution < 1.29 is 9.53 Å². The van der Waals surface area contributed by atoms with E-state index in [-0.39, 0.29) is 12.2 Å². The van der Waals surface area contributed by atoms with E-state index in [0.29, 0.717) is 26.5 Å². The van der Waals surface area contributed by atoms with Crippen LogP contribution in [0, 0.1) is 0 Å². The molecule has 1 aliphatic heterocycles. The number of esters is 1. The molecule has 1 unspecified atom stereocenters. The molecule has 0 saturated heterocycles. The van der Waals surface area contributed by atoms with Gasteiger partial charge in [0.05, 0.1) is 28.5 Å². The van der Waals surface area contributed by atoms with Crippen molar-refractivity contribution in [1.29, 1.82) is 0 Å². The van der Waals surface area contributed by atoms with E-state index in [1.54, 1.807) is 11.5 Å². The number of allylic oxidation sites excluding steroid dienone is 1. The molecule has 36 heavy (non-hydrogen) atoms. The van der Waals surface area contributed by atoms with Crippen LogP contribution in [0.25, 0.3) is 17.0 Å². The van der Waals surface area contributed by atoms with Gasteiger partial charge in [-0.05, 0) is 43.0 Å². The zero-order valence-electron chi connectivity index (χ0n) is 21.1. The van der Waals surface area contributed by atoms with Gasteiger partial charge >= 0.3 is 5.97 Å². The van der Waals surface area contributed by atoms with Crippen molar-refractivity contribution in [2.75, 3.05) is 6.61 Å². The first-order valence-electron chi connectivity index (χ1n) is 12.1. The first-order valence-corrected chi connectivity index (χ1v) is 13.0. The minimum Gasteiger partial charge on any atom is -0.463 e. The summed E-state index contributed by atoms with van der Waals surface area (Å²) in [4.78, 5) is 32.2. The number of aromatic nitrogens is 2. The molecule has 0 radical (unpaired) electrons. The van der Waals surface area contributed by atoms with Crippen LogP contribution in [0.5, 0.6) is 0 Å². The first kappa shape index (κ1) is 24.0. The van der Waals surface area contributed by atoms with E-state index in [2.05, 4.69) is 47.7 Å². The number of hydrogen-bond donors (Lipinski definition) is 0. The Balaban J connectivity index is 1.73. The summed E-state index contributed by atoms with van der Waals surface area (Å²) in [6, 6.07) is 15.6. The zero-order valence-corrected chi connectivity index (χ0v) is 21.9. The van der Waals surface area contributed by atoms with Crippen LogP contribution in [0.4, 0.5) is 0 Å². The molecule has 2 aromatic heterocycles. The van der Waals surface area contributed by atoms with E-state index in [4.69, 9.17) is 4.74 Å². The molecule has 0 saturated carbocycles. The number of para-hydroxylation sites is 1. The Hall–Kier alpha value is -3.71. The van der Waals surface area contributed by atoms with Gasteiger partial charge in [-0.25, -0.2) is 9.79 Å². The molecular weight excluding hydrogens is 470 g/mol. The van der Waals surface area contributed by atoms with Gasteiger partial charge < -0.3 is 9.30 Å². The Morgan fingerprint density at radius 3 is 2.58 bits per heavy atom. The third-order valence-corrected chi connectivity index (χ3v) is 7.63. The van der Waals surface area contributed by atoms with Crippen LogP contribution in [-0.2, 0) is 16.6 Å². The number of hydrogen-bond acceptors (Lipinski definition) is 5. The largest absolute Gasteiger partial charge is 0.463 e. The quantitative estimate of drug-likeness (QED) is 0.382. The molecule has 2 aromatic carbocycles. The normalized spacial score (nSPS) is 15.9. The van der Waals surface area contributed by atoms with Gasteiger partial charge in [0, 0.05) is 29.7 Å². The van der Waals surface area contributed by atoms with Crippen LogP contribution in [0.2, 0.25) is 0 Å². The molecule has 1 aliphatic rings. The van der Waals surface area contributed by atoms with Crippen molar-refractivity contribution in [3.05, 3.63) is 102 Å². The highest BCUT2D eigenvalue weighted by atomic mass is 32.1. The topological polar surface area (TPSA) is 65.6 Å². The van der Waals surface area contributed by atoms with Gasteiger partial charge in [-0.2, -0.15) is 0 Å². The van der Waals surface area contributed by atoms with Crippen molar-refractivity contribution in [2.45, 2.75) is 39.7 Å². The highest BCUT2D eigenvalue weighted by Crippen LogP contribution is 2.31.